The number of nitrogens with zero attached hydrogens (tertiary/aromatic N) is 3. The number of aromatic nitrogens is 2. The van der Waals surface area contributed by atoms with Crippen molar-refractivity contribution in [2.24, 2.45) is 5.73 Å². The Morgan fingerprint density at radius 2 is 1.90 bits per heavy atom. The smallest absolute Gasteiger partial charge is 0.156 e. The van der Waals surface area contributed by atoms with Gasteiger partial charge in [-0.1, -0.05) is 18.2 Å². The van der Waals surface area contributed by atoms with E-state index in [9.17, 15) is 4.39 Å². The summed E-state index contributed by atoms with van der Waals surface area (Å²) in [6, 6.07) is 6.73. The highest BCUT2D eigenvalue weighted by atomic mass is 19.1. The minimum absolute atomic E-state index is 0.217. The van der Waals surface area contributed by atoms with E-state index in [1.54, 1.807) is 12.1 Å². The molecule has 0 bridgehead atoms. The van der Waals surface area contributed by atoms with E-state index in [0.29, 0.717) is 24.5 Å². The molecule has 0 saturated carbocycles. The summed E-state index contributed by atoms with van der Waals surface area (Å²) in [6.07, 6.45) is 0. The van der Waals surface area contributed by atoms with Crippen molar-refractivity contribution in [3.8, 4) is 0 Å². The zero-order valence-corrected chi connectivity index (χ0v) is 12.0. The highest BCUT2D eigenvalue weighted by Crippen LogP contribution is 2.22. The fraction of sp³-hybridized carbons (Fsp3) is 0.333. The van der Waals surface area contributed by atoms with Crippen LogP contribution in [0.3, 0.4) is 0 Å². The van der Waals surface area contributed by atoms with E-state index < -0.39 is 0 Å². The lowest BCUT2D eigenvalue weighted by molar-refractivity contribution is 0.607. The van der Waals surface area contributed by atoms with Gasteiger partial charge in [-0.25, -0.2) is 4.39 Å². The number of benzene rings is 1. The first-order chi connectivity index (χ1) is 9.54. The molecule has 0 saturated heterocycles. The van der Waals surface area contributed by atoms with Gasteiger partial charge in [0.05, 0.1) is 5.69 Å². The minimum Gasteiger partial charge on any atom is -0.353 e. The van der Waals surface area contributed by atoms with Crippen LogP contribution in [-0.4, -0.2) is 17.2 Å². The van der Waals surface area contributed by atoms with Gasteiger partial charge in [0.2, 0.25) is 0 Å². The summed E-state index contributed by atoms with van der Waals surface area (Å²) < 4.78 is 13.7. The Morgan fingerprint density at radius 3 is 2.55 bits per heavy atom. The van der Waals surface area contributed by atoms with Gasteiger partial charge in [0.1, 0.15) is 5.82 Å². The van der Waals surface area contributed by atoms with Crippen LogP contribution in [0.15, 0.2) is 24.3 Å². The summed E-state index contributed by atoms with van der Waals surface area (Å²) in [5, 5.41) is 8.34. The zero-order valence-electron chi connectivity index (χ0n) is 12.0. The molecule has 0 radical (unpaired) electrons. The number of anilines is 1. The third-order valence-corrected chi connectivity index (χ3v) is 3.49. The quantitative estimate of drug-likeness (QED) is 0.929. The summed E-state index contributed by atoms with van der Waals surface area (Å²) in [6.45, 7) is 4.70. The van der Waals surface area contributed by atoms with E-state index in [1.807, 2.05) is 31.9 Å². The summed E-state index contributed by atoms with van der Waals surface area (Å²) in [7, 11) is 1.87. The molecule has 20 heavy (non-hydrogen) atoms. The Morgan fingerprint density at radius 1 is 1.20 bits per heavy atom. The van der Waals surface area contributed by atoms with Crippen molar-refractivity contribution in [3.63, 3.8) is 0 Å². The van der Waals surface area contributed by atoms with E-state index >= 15 is 0 Å². The fourth-order valence-electron chi connectivity index (χ4n) is 2.15. The predicted octanol–water partition coefficient (Wildman–Crippen LogP) is 2.33. The second-order valence-electron chi connectivity index (χ2n) is 4.86. The van der Waals surface area contributed by atoms with Crippen LogP contribution in [0.25, 0.3) is 0 Å². The maximum absolute atomic E-state index is 13.7. The highest BCUT2D eigenvalue weighted by Gasteiger charge is 2.14. The molecule has 2 N–H and O–H groups in total. The van der Waals surface area contributed by atoms with Gasteiger partial charge in [0.25, 0.3) is 0 Å². The Labute approximate surface area is 118 Å². The topological polar surface area (TPSA) is 55.0 Å². The monoisotopic (exact) mass is 274 g/mol. The molecule has 0 amide bonds. The number of rotatable bonds is 4. The molecule has 2 aromatic rings. The van der Waals surface area contributed by atoms with Crippen molar-refractivity contribution < 1.29 is 4.39 Å². The molecule has 106 valence electrons. The first-order valence-electron chi connectivity index (χ1n) is 6.52. The van der Waals surface area contributed by atoms with E-state index in [4.69, 9.17) is 5.73 Å². The van der Waals surface area contributed by atoms with Crippen LogP contribution < -0.4 is 10.6 Å². The molecule has 1 heterocycles. The Kier molecular flexibility index (Phi) is 4.29. The van der Waals surface area contributed by atoms with Gasteiger partial charge in [-0.05, 0) is 25.5 Å². The van der Waals surface area contributed by atoms with Gasteiger partial charge in [-0.3, -0.25) is 0 Å². The SMILES string of the molecule is Cc1nnc(N(C)Cc2ccccc2F)c(CN)c1C. The molecule has 0 aliphatic carbocycles. The largest absolute Gasteiger partial charge is 0.353 e. The molecular weight excluding hydrogens is 255 g/mol. The van der Waals surface area contributed by atoms with Crippen LogP contribution in [-0.2, 0) is 13.1 Å². The summed E-state index contributed by atoms with van der Waals surface area (Å²) in [5.41, 5.74) is 9.30. The van der Waals surface area contributed by atoms with Crippen molar-refractivity contribution in [2.45, 2.75) is 26.9 Å². The molecule has 0 spiro atoms. The lowest BCUT2D eigenvalue weighted by Gasteiger charge is -2.22. The lowest BCUT2D eigenvalue weighted by atomic mass is 10.1. The van der Waals surface area contributed by atoms with Gasteiger partial charge >= 0.3 is 0 Å². The van der Waals surface area contributed by atoms with Crippen molar-refractivity contribution in [3.05, 3.63) is 52.5 Å². The molecule has 1 aromatic heterocycles. The molecule has 0 aliphatic heterocycles. The van der Waals surface area contributed by atoms with Gasteiger partial charge in [-0.15, -0.1) is 5.10 Å². The third-order valence-electron chi connectivity index (χ3n) is 3.49. The summed E-state index contributed by atoms with van der Waals surface area (Å²) in [5.74, 6) is 0.490. The molecule has 0 aliphatic rings. The zero-order chi connectivity index (χ0) is 14.7. The highest BCUT2D eigenvalue weighted by molar-refractivity contribution is 5.50. The van der Waals surface area contributed by atoms with E-state index in [1.165, 1.54) is 6.07 Å². The average Bonchev–Trinajstić information content (AvgIpc) is 2.44. The summed E-state index contributed by atoms with van der Waals surface area (Å²) >= 11 is 0. The maximum atomic E-state index is 13.7. The second kappa shape index (κ2) is 5.96. The van der Waals surface area contributed by atoms with Gasteiger partial charge in [-0.2, -0.15) is 5.10 Å². The first-order valence-corrected chi connectivity index (χ1v) is 6.52. The standard InChI is InChI=1S/C15H19FN4/c1-10-11(2)18-19-15(13(10)8-17)20(3)9-12-6-4-5-7-14(12)16/h4-7H,8-9,17H2,1-3H3. The molecule has 2 rings (SSSR count). The van der Waals surface area contributed by atoms with Gasteiger partial charge in [0.15, 0.2) is 5.82 Å². The average molecular weight is 274 g/mol. The van der Waals surface area contributed by atoms with Crippen molar-refractivity contribution >= 4 is 5.82 Å². The van der Waals surface area contributed by atoms with Crippen LogP contribution in [0.1, 0.15) is 22.4 Å². The van der Waals surface area contributed by atoms with Crippen LogP contribution in [0.5, 0.6) is 0 Å². The predicted molar refractivity (Wildman–Crippen MR) is 77.9 cm³/mol. The van der Waals surface area contributed by atoms with Gasteiger partial charge in [0, 0.05) is 31.3 Å². The van der Waals surface area contributed by atoms with Crippen LogP contribution >= 0.6 is 0 Å². The molecule has 4 nitrogen and oxygen atoms in total. The van der Waals surface area contributed by atoms with E-state index in [2.05, 4.69) is 10.2 Å². The van der Waals surface area contributed by atoms with Gasteiger partial charge < -0.3 is 10.6 Å². The molecule has 0 atom stereocenters. The second-order valence-corrected chi connectivity index (χ2v) is 4.86. The number of halogens is 1. The van der Waals surface area contributed by atoms with E-state index in [0.717, 1.165) is 16.8 Å². The first kappa shape index (κ1) is 14.4. The molecular formula is C15H19FN4. The Balaban J connectivity index is 2.32. The molecule has 1 aromatic carbocycles. The third kappa shape index (κ3) is 2.77. The lowest BCUT2D eigenvalue weighted by Crippen LogP contribution is -2.22. The number of nitrogens with two attached hydrogens (primary N) is 1. The number of hydrogen-bond acceptors (Lipinski definition) is 4. The Hall–Kier alpha value is -2.01. The Bertz CT molecular complexity index is 613. The minimum atomic E-state index is -0.217. The van der Waals surface area contributed by atoms with Crippen molar-refractivity contribution in [2.75, 3.05) is 11.9 Å². The maximum Gasteiger partial charge on any atom is 0.156 e. The normalized spacial score (nSPS) is 10.7. The number of aryl methyl sites for hydroxylation is 1. The molecule has 5 heteroatoms. The fourth-order valence-corrected chi connectivity index (χ4v) is 2.15. The summed E-state index contributed by atoms with van der Waals surface area (Å²) in [4.78, 5) is 1.88. The van der Waals surface area contributed by atoms with Crippen LogP contribution in [0.4, 0.5) is 10.2 Å². The molecule has 0 unspecified atom stereocenters. The molecule has 0 fully saturated rings. The number of hydrogen-bond donors (Lipinski definition) is 1. The van der Waals surface area contributed by atoms with Crippen molar-refractivity contribution in [1.29, 1.82) is 0 Å². The van der Waals surface area contributed by atoms with Crippen molar-refractivity contribution in [1.82, 2.24) is 10.2 Å². The van der Waals surface area contributed by atoms with E-state index in [-0.39, 0.29) is 5.82 Å². The van der Waals surface area contributed by atoms with Crippen LogP contribution in [0, 0.1) is 19.7 Å². The van der Waals surface area contributed by atoms with Crippen LogP contribution in [0.2, 0.25) is 0 Å².